The van der Waals surface area contributed by atoms with Crippen molar-refractivity contribution in [2.75, 3.05) is 0 Å². The number of nitrogens with zero attached hydrogens (tertiary/aromatic N) is 2. The summed E-state index contributed by atoms with van der Waals surface area (Å²) < 4.78 is 1.45. The van der Waals surface area contributed by atoms with Crippen LogP contribution in [0.3, 0.4) is 0 Å². The normalized spacial score (nSPS) is 11.6. The average Bonchev–Trinajstić information content (AvgIpc) is 2.93. The Labute approximate surface area is 127 Å². The molecule has 5 heteroatoms. The average molecular weight is 293 g/mol. The maximum atomic E-state index is 12.7. The summed E-state index contributed by atoms with van der Waals surface area (Å²) in [5.41, 5.74) is 2.59. The maximum absolute atomic E-state index is 12.7. The van der Waals surface area contributed by atoms with Crippen molar-refractivity contribution in [3.05, 3.63) is 76.6 Å². The quantitative estimate of drug-likeness (QED) is 0.442. The summed E-state index contributed by atoms with van der Waals surface area (Å²) in [6, 6.07) is 18.8. The fourth-order valence-electron chi connectivity index (χ4n) is 2.40. The van der Waals surface area contributed by atoms with Crippen LogP contribution in [-0.2, 0) is 0 Å². The molecule has 2 N–H and O–H groups in total. The van der Waals surface area contributed by atoms with Gasteiger partial charge in [0.1, 0.15) is 0 Å². The predicted octanol–water partition coefficient (Wildman–Crippen LogP) is 3.03. The second-order valence-corrected chi connectivity index (χ2v) is 4.89. The number of H-pyrrole nitrogens is 1. The molecule has 0 spiro atoms. The van der Waals surface area contributed by atoms with E-state index in [1.165, 1.54) is 4.68 Å². The van der Waals surface area contributed by atoms with E-state index in [1.54, 1.807) is 6.92 Å². The van der Waals surface area contributed by atoms with Crippen molar-refractivity contribution in [2.45, 2.75) is 6.92 Å². The third kappa shape index (κ3) is 2.33. The van der Waals surface area contributed by atoms with Crippen molar-refractivity contribution in [3.8, 4) is 16.9 Å². The van der Waals surface area contributed by atoms with E-state index in [4.69, 9.17) is 5.21 Å². The number of aromatic nitrogens is 2. The summed E-state index contributed by atoms with van der Waals surface area (Å²) in [5, 5.41) is 15.4. The maximum Gasteiger partial charge on any atom is 0.281 e. The van der Waals surface area contributed by atoms with Crippen LogP contribution in [0.25, 0.3) is 16.9 Å². The minimum Gasteiger partial charge on any atom is -0.411 e. The Hall–Kier alpha value is -3.08. The number of nitrogens with one attached hydrogen (secondary N) is 1. The molecule has 0 saturated carbocycles. The molecule has 0 saturated heterocycles. The topological polar surface area (TPSA) is 70.4 Å². The first kappa shape index (κ1) is 13.9. The number of hydrogen-bond donors (Lipinski definition) is 2. The molecule has 110 valence electrons. The minimum absolute atomic E-state index is 0.250. The van der Waals surface area contributed by atoms with Crippen molar-refractivity contribution < 1.29 is 5.21 Å². The SMILES string of the molecule is C/C(=N\O)c1c(-c2ccccc2)[nH]n(-c2ccccc2)c1=O. The van der Waals surface area contributed by atoms with E-state index < -0.39 is 0 Å². The molecule has 3 aromatic rings. The Balaban J connectivity index is 2.29. The number of rotatable bonds is 3. The molecule has 0 aliphatic rings. The summed E-state index contributed by atoms with van der Waals surface area (Å²) >= 11 is 0. The Morgan fingerprint density at radius 1 is 1.05 bits per heavy atom. The zero-order valence-corrected chi connectivity index (χ0v) is 12.0. The molecular formula is C17H15N3O2. The van der Waals surface area contributed by atoms with Gasteiger partial charge >= 0.3 is 0 Å². The zero-order valence-electron chi connectivity index (χ0n) is 12.0. The van der Waals surface area contributed by atoms with Gasteiger partial charge in [0, 0.05) is 5.56 Å². The lowest BCUT2D eigenvalue weighted by molar-refractivity contribution is 0.319. The summed E-state index contributed by atoms with van der Waals surface area (Å²) in [5.74, 6) is 0. The smallest absolute Gasteiger partial charge is 0.281 e. The lowest BCUT2D eigenvalue weighted by atomic mass is 10.1. The number of benzene rings is 2. The van der Waals surface area contributed by atoms with Gasteiger partial charge in [-0.3, -0.25) is 9.89 Å². The van der Waals surface area contributed by atoms with Gasteiger partial charge < -0.3 is 5.21 Å². The lowest BCUT2D eigenvalue weighted by Crippen LogP contribution is -2.19. The van der Waals surface area contributed by atoms with E-state index in [0.717, 1.165) is 11.3 Å². The Morgan fingerprint density at radius 3 is 2.23 bits per heavy atom. The molecule has 1 heterocycles. The summed E-state index contributed by atoms with van der Waals surface area (Å²) in [6.45, 7) is 1.60. The van der Waals surface area contributed by atoms with Crippen LogP contribution in [-0.4, -0.2) is 20.7 Å². The van der Waals surface area contributed by atoms with Crippen molar-refractivity contribution in [3.63, 3.8) is 0 Å². The molecule has 0 unspecified atom stereocenters. The molecule has 0 amide bonds. The highest BCUT2D eigenvalue weighted by Gasteiger charge is 2.19. The van der Waals surface area contributed by atoms with E-state index in [0.29, 0.717) is 11.3 Å². The van der Waals surface area contributed by atoms with Crippen LogP contribution in [0.1, 0.15) is 12.5 Å². The monoisotopic (exact) mass is 293 g/mol. The first-order valence-corrected chi connectivity index (χ1v) is 6.87. The van der Waals surface area contributed by atoms with Crippen molar-refractivity contribution in [1.29, 1.82) is 0 Å². The van der Waals surface area contributed by atoms with Crippen LogP contribution in [0.15, 0.2) is 70.6 Å². The van der Waals surface area contributed by atoms with Crippen LogP contribution >= 0.6 is 0 Å². The zero-order chi connectivity index (χ0) is 15.5. The molecule has 5 nitrogen and oxygen atoms in total. The van der Waals surface area contributed by atoms with Crippen molar-refractivity contribution in [1.82, 2.24) is 9.78 Å². The van der Waals surface area contributed by atoms with E-state index in [1.807, 2.05) is 60.7 Å². The van der Waals surface area contributed by atoms with Crippen LogP contribution in [0, 0.1) is 0 Å². The predicted molar refractivity (Wildman–Crippen MR) is 85.8 cm³/mol. The van der Waals surface area contributed by atoms with Crippen molar-refractivity contribution >= 4 is 5.71 Å². The minimum atomic E-state index is -0.250. The molecule has 1 aromatic heterocycles. The van der Waals surface area contributed by atoms with Gasteiger partial charge in [0.2, 0.25) is 0 Å². The van der Waals surface area contributed by atoms with Gasteiger partial charge in [-0.05, 0) is 19.1 Å². The lowest BCUT2D eigenvalue weighted by Gasteiger charge is -2.02. The molecule has 0 aliphatic heterocycles. The Kier molecular flexibility index (Phi) is 3.62. The van der Waals surface area contributed by atoms with E-state index in [9.17, 15) is 4.79 Å². The van der Waals surface area contributed by atoms with Gasteiger partial charge in [-0.1, -0.05) is 53.7 Å². The van der Waals surface area contributed by atoms with Crippen LogP contribution in [0.4, 0.5) is 0 Å². The molecule has 0 aliphatic carbocycles. The third-order valence-electron chi connectivity index (χ3n) is 3.48. The van der Waals surface area contributed by atoms with Crippen molar-refractivity contribution in [2.24, 2.45) is 5.16 Å². The number of oxime groups is 1. The number of aromatic amines is 1. The van der Waals surface area contributed by atoms with Gasteiger partial charge in [0.15, 0.2) is 0 Å². The molecule has 22 heavy (non-hydrogen) atoms. The fourth-order valence-corrected chi connectivity index (χ4v) is 2.40. The standard InChI is InChI=1S/C17H15N3O2/c1-12(19-22)15-16(13-8-4-2-5-9-13)18-20(17(15)21)14-10-6-3-7-11-14/h2-11,18,22H,1H3/b19-12+. The van der Waals surface area contributed by atoms with Crippen LogP contribution < -0.4 is 5.56 Å². The Morgan fingerprint density at radius 2 is 1.64 bits per heavy atom. The summed E-state index contributed by atoms with van der Waals surface area (Å²) in [6.07, 6.45) is 0. The van der Waals surface area contributed by atoms with E-state index >= 15 is 0 Å². The van der Waals surface area contributed by atoms with Gasteiger partial charge in [-0.15, -0.1) is 0 Å². The molecule has 0 bridgehead atoms. The number of hydrogen-bond acceptors (Lipinski definition) is 3. The second kappa shape index (κ2) is 5.73. The first-order valence-electron chi connectivity index (χ1n) is 6.87. The Bertz CT molecular complexity index is 862. The van der Waals surface area contributed by atoms with Gasteiger partial charge in [0.25, 0.3) is 5.56 Å². The highest BCUT2D eigenvalue weighted by molar-refractivity contribution is 6.03. The first-order chi connectivity index (χ1) is 10.7. The van der Waals surface area contributed by atoms with E-state index in [2.05, 4.69) is 10.3 Å². The highest BCUT2D eigenvalue weighted by atomic mass is 16.4. The highest BCUT2D eigenvalue weighted by Crippen LogP contribution is 2.21. The molecule has 0 radical (unpaired) electrons. The molecule has 3 rings (SSSR count). The molecule has 0 fully saturated rings. The summed E-state index contributed by atoms with van der Waals surface area (Å²) in [7, 11) is 0. The fraction of sp³-hybridized carbons (Fsp3) is 0.0588. The van der Waals surface area contributed by atoms with Crippen LogP contribution in [0.5, 0.6) is 0 Å². The van der Waals surface area contributed by atoms with Gasteiger partial charge in [-0.25, -0.2) is 4.68 Å². The molecular weight excluding hydrogens is 278 g/mol. The third-order valence-corrected chi connectivity index (χ3v) is 3.48. The largest absolute Gasteiger partial charge is 0.411 e. The van der Waals surface area contributed by atoms with Crippen LogP contribution in [0.2, 0.25) is 0 Å². The van der Waals surface area contributed by atoms with Gasteiger partial charge in [-0.2, -0.15) is 0 Å². The molecule has 0 atom stereocenters. The summed E-state index contributed by atoms with van der Waals surface area (Å²) in [4.78, 5) is 12.7. The molecule has 2 aromatic carbocycles. The second-order valence-electron chi connectivity index (χ2n) is 4.89. The number of para-hydroxylation sites is 1. The van der Waals surface area contributed by atoms with Gasteiger partial charge in [0.05, 0.1) is 22.7 Å². The van der Waals surface area contributed by atoms with E-state index in [-0.39, 0.29) is 11.3 Å².